The van der Waals surface area contributed by atoms with Crippen LogP contribution in [-0.2, 0) is 6.42 Å². The molecule has 0 aliphatic heterocycles. The highest BCUT2D eigenvalue weighted by Crippen LogP contribution is 2.14. The van der Waals surface area contributed by atoms with E-state index >= 15 is 0 Å². The predicted octanol–water partition coefficient (Wildman–Crippen LogP) is 2.33. The highest BCUT2D eigenvalue weighted by atomic mass is 16.4. The summed E-state index contributed by atoms with van der Waals surface area (Å²) in [6.07, 6.45) is -0.244. The van der Waals surface area contributed by atoms with Gasteiger partial charge in [0, 0.05) is 18.1 Å². The molecule has 4 heteroatoms. The van der Waals surface area contributed by atoms with Gasteiger partial charge in [-0.2, -0.15) is 0 Å². The molecule has 1 unspecified atom stereocenters. The van der Waals surface area contributed by atoms with E-state index < -0.39 is 11.6 Å². The smallest absolute Gasteiger partial charge is 0.407 e. The van der Waals surface area contributed by atoms with Gasteiger partial charge >= 0.3 is 6.09 Å². The second-order valence-corrected chi connectivity index (χ2v) is 5.51. The van der Waals surface area contributed by atoms with Crippen molar-refractivity contribution in [2.45, 2.75) is 38.8 Å². The first-order chi connectivity index (χ1) is 8.30. The molecule has 0 saturated carbocycles. The van der Waals surface area contributed by atoms with Crippen LogP contribution in [0.4, 0.5) is 4.79 Å². The molecule has 0 aromatic heterocycles. The predicted molar refractivity (Wildman–Crippen MR) is 72.6 cm³/mol. The van der Waals surface area contributed by atoms with E-state index in [2.05, 4.69) is 0 Å². The van der Waals surface area contributed by atoms with Crippen LogP contribution in [0.5, 0.6) is 0 Å². The van der Waals surface area contributed by atoms with Crippen molar-refractivity contribution in [3.63, 3.8) is 0 Å². The Kier molecular flexibility index (Phi) is 4.73. The minimum Gasteiger partial charge on any atom is -0.465 e. The Bertz CT molecular complexity index is 385. The number of hydrogen-bond donors (Lipinski definition) is 2. The highest BCUT2D eigenvalue weighted by Gasteiger charge is 2.27. The molecule has 0 spiro atoms. The van der Waals surface area contributed by atoms with Gasteiger partial charge in [0.1, 0.15) is 0 Å². The summed E-state index contributed by atoms with van der Waals surface area (Å²) in [4.78, 5) is 12.6. The first-order valence-corrected chi connectivity index (χ1v) is 6.11. The molecule has 0 heterocycles. The lowest BCUT2D eigenvalue weighted by atomic mass is 10.0. The molecule has 0 aliphatic carbocycles. The molecule has 0 bridgehead atoms. The quantitative estimate of drug-likeness (QED) is 0.862. The molecule has 1 atom stereocenters. The van der Waals surface area contributed by atoms with Gasteiger partial charge in [-0.3, -0.25) is 0 Å². The van der Waals surface area contributed by atoms with E-state index in [4.69, 9.17) is 5.73 Å². The van der Waals surface area contributed by atoms with E-state index in [9.17, 15) is 9.90 Å². The molecule has 1 rings (SSSR count). The van der Waals surface area contributed by atoms with Crippen molar-refractivity contribution in [2.24, 2.45) is 5.73 Å². The van der Waals surface area contributed by atoms with Gasteiger partial charge in [-0.25, -0.2) is 4.79 Å². The summed E-state index contributed by atoms with van der Waals surface area (Å²) >= 11 is 0. The number of nitrogens with two attached hydrogens (primary N) is 1. The van der Waals surface area contributed by atoms with Gasteiger partial charge in [0.05, 0.1) is 0 Å². The number of benzene rings is 1. The number of carbonyl (C=O) groups is 1. The van der Waals surface area contributed by atoms with Crippen LogP contribution in [0.3, 0.4) is 0 Å². The Labute approximate surface area is 108 Å². The molecule has 0 radical (unpaired) electrons. The van der Waals surface area contributed by atoms with Gasteiger partial charge in [0.2, 0.25) is 0 Å². The molecule has 1 aromatic carbocycles. The molecule has 1 amide bonds. The summed E-state index contributed by atoms with van der Waals surface area (Å²) in [5.41, 5.74) is 6.73. The molecule has 4 nitrogen and oxygen atoms in total. The van der Waals surface area contributed by atoms with Gasteiger partial charge in [-0.05, 0) is 32.8 Å². The summed E-state index contributed by atoms with van der Waals surface area (Å²) in [7, 11) is 0. The average Bonchev–Trinajstić information content (AvgIpc) is 2.25. The molecule has 0 saturated heterocycles. The van der Waals surface area contributed by atoms with E-state index in [-0.39, 0.29) is 6.04 Å². The zero-order valence-electron chi connectivity index (χ0n) is 11.3. The fourth-order valence-corrected chi connectivity index (χ4v) is 1.85. The monoisotopic (exact) mass is 250 g/mol. The highest BCUT2D eigenvalue weighted by molar-refractivity contribution is 5.66. The lowest BCUT2D eigenvalue weighted by molar-refractivity contribution is 0.0960. The summed E-state index contributed by atoms with van der Waals surface area (Å²) < 4.78 is 0. The van der Waals surface area contributed by atoms with Crippen LogP contribution >= 0.6 is 0 Å². The first kappa shape index (κ1) is 14.5. The maximum Gasteiger partial charge on any atom is 0.407 e. The van der Waals surface area contributed by atoms with Gasteiger partial charge < -0.3 is 15.7 Å². The van der Waals surface area contributed by atoms with Crippen molar-refractivity contribution in [1.82, 2.24) is 4.90 Å². The Morgan fingerprint density at radius 1 is 1.33 bits per heavy atom. The standard InChI is InChI=1S/C14H22N2O2/c1-14(2,3)16(13(17)18)10-12(15)9-11-7-5-4-6-8-11/h4-8,12H,9-10,15H2,1-3H3,(H,17,18). The second-order valence-electron chi connectivity index (χ2n) is 5.51. The Morgan fingerprint density at radius 2 is 1.89 bits per heavy atom. The molecule has 0 aliphatic rings. The summed E-state index contributed by atoms with van der Waals surface area (Å²) in [5, 5.41) is 9.19. The zero-order chi connectivity index (χ0) is 13.8. The van der Waals surface area contributed by atoms with E-state index in [1.807, 2.05) is 51.1 Å². The zero-order valence-corrected chi connectivity index (χ0v) is 11.3. The average molecular weight is 250 g/mol. The van der Waals surface area contributed by atoms with E-state index in [1.165, 1.54) is 4.90 Å². The van der Waals surface area contributed by atoms with Crippen molar-refractivity contribution in [3.8, 4) is 0 Å². The van der Waals surface area contributed by atoms with Crippen molar-refractivity contribution >= 4 is 6.09 Å². The van der Waals surface area contributed by atoms with Crippen molar-refractivity contribution < 1.29 is 9.90 Å². The second kappa shape index (κ2) is 5.87. The van der Waals surface area contributed by atoms with Crippen LogP contribution < -0.4 is 5.73 Å². The minimum absolute atomic E-state index is 0.192. The van der Waals surface area contributed by atoms with Gasteiger partial charge in [0.15, 0.2) is 0 Å². The van der Waals surface area contributed by atoms with Gasteiger partial charge in [-0.15, -0.1) is 0 Å². The molecular weight excluding hydrogens is 228 g/mol. The minimum atomic E-state index is -0.925. The third kappa shape index (κ3) is 4.37. The molecule has 0 fully saturated rings. The lowest BCUT2D eigenvalue weighted by Gasteiger charge is -2.35. The van der Waals surface area contributed by atoms with Crippen LogP contribution in [0.25, 0.3) is 0 Å². The fourth-order valence-electron chi connectivity index (χ4n) is 1.85. The van der Waals surface area contributed by atoms with Gasteiger partial charge in [-0.1, -0.05) is 30.3 Å². The summed E-state index contributed by atoms with van der Waals surface area (Å²) in [6.45, 7) is 5.96. The number of amides is 1. The van der Waals surface area contributed by atoms with E-state index in [0.29, 0.717) is 13.0 Å². The molecule has 100 valence electrons. The van der Waals surface area contributed by atoms with Crippen molar-refractivity contribution in [1.29, 1.82) is 0 Å². The molecule has 3 N–H and O–H groups in total. The largest absolute Gasteiger partial charge is 0.465 e. The lowest BCUT2D eigenvalue weighted by Crippen LogP contribution is -2.50. The van der Waals surface area contributed by atoms with Crippen LogP contribution in [0, 0.1) is 0 Å². The molecular formula is C14H22N2O2. The molecule has 18 heavy (non-hydrogen) atoms. The van der Waals surface area contributed by atoms with Crippen molar-refractivity contribution in [3.05, 3.63) is 35.9 Å². The SMILES string of the molecule is CC(C)(C)N(CC(N)Cc1ccccc1)C(=O)O. The topological polar surface area (TPSA) is 66.6 Å². The maximum absolute atomic E-state index is 11.2. The summed E-state index contributed by atoms with van der Waals surface area (Å²) in [5.74, 6) is 0. The fraction of sp³-hybridized carbons (Fsp3) is 0.500. The Morgan fingerprint density at radius 3 is 2.33 bits per heavy atom. The molecule has 1 aromatic rings. The maximum atomic E-state index is 11.2. The van der Waals surface area contributed by atoms with Crippen LogP contribution in [-0.4, -0.2) is 34.2 Å². The van der Waals surface area contributed by atoms with Crippen molar-refractivity contribution in [2.75, 3.05) is 6.54 Å². The van der Waals surface area contributed by atoms with Crippen LogP contribution in [0.1, 0.15) is 26.3 Å². The Hall–Kier alpha value is -1.55. The number of rotatable bonds is 4. The number of nitrogens with zero attached hydrogens (tertiary/aromatic N) is 1. The number of hydrogen-bond acceptors (Lipinski definition) is 2. The van der Waals surface area contributed by atoms with Crippen LogP contribution in [0.15, 0.2) is 30.3 Å². The van der Waals surface area contributed by atoms with Crippen LogP contribution in [0.2, 0.25) is 0 Å². The van der Waals surface area contributed by atoms with E-state index in [0.717, 1.165) is 5.56 Å². The number of carboxylic acid groups (broad SMARTS) is 1. The third-order valence-corrected chi connectivity index (χ3v) is 2.80. The van der Waals surface area contributed by atoms with E-state index in [1.54, 1.807) is 0 Å². The third-order valence-electron chi connectivity index (χ3n) is 2.80. The van der Waals surface area contributed by atoms with Gasteiger partial charge in [0.25, 0.3) is 0 Å². The summed E-state index contributed by atoms with van der Waals surface area (Å²) in [6, 6.07) is 9.68. The normalized spacial score (nSPS) is 13.1. The Balaban J connectivity index is 2.63. The first-order valence-electron chi connectivity index (χ1n) is 6.11.